The fraction of sp³-hybridized carbons (Fsp3) is 0.411. The Morgan fingerprint density at radius 1 is 0.680 bits per heavy atom. The molecular formula is C56H62N8O11. The molecule has 392 valence electrons. The summed E-state index contributed by atoms with van der Waals surface area (Å²) < 4.78 is 33.6. The Balaban J connectivity index is 0.000000219. The molecule has 0 unspecified atom stereocenters. The number of carboxylic acids is 1. The molecule has 0 saturated carbocycles. The van der Waals surface area contributed by atoms with Crippen molar-refractivity contribution >= 4 is 29.5 Å². The van der Waals surface area contributed by atoms with Gasteiger partial charge in [-0.1, -0.05) is 46.7 Å². The van der Waals surface area contributed by atoms with Crippen LogP contribution in [0.2, 0.25) is 0 Å². The maximum atomic E-state index is 12.9. The smallest absolute Gasteiger partial charge is 0.411 e. The molecule has 0 aliphatic heterocycles. The van der Waals surface area contributed by atoms with Crippen molar-refractivity contribution in [3.05, 3.63) is 118 Å². The molecule has 2 aliphatic carbocycles. The first-order valence-electron chi connectivity index (χ1n) is 24.7. The van der Waals surface area contributed by atoms with Crippen LogP contribution in [0.5, 0.6) is 11.5 Å². The number of hydrogen-bond acceptors (Lipinski definition) is 14. The molecule has 6 aromatic rings. The number of fused-ring (bicyclic) bond motifs is 2. The van der Waals surface area contributed by atoms with Gasteiger partial charge < -0.3 is 38.2 Å². The molecule has 2 heterocycles. The van der Waals surface area contributed by atoms with Gasteiger partial charge in [-0.3, -0.25) is 14.6 Å². The molecule has 75 heavy (non-hydrogen) atoms. The summed E-state index contributed by atoms with van der Waals surface area (Å²) in [6, 6.07) is 21.1. The summed E-state index contributed by atoms with van der Waals surface area (Å²) in [5, 5.41) is 27.5. The third-order valence-corrected chi connectivity index (χ3v) is 11.8. The molecule has 2 N–H and O–H groups in total. The van der Waals surface area contributed by atoms with Gasteiger partial charge >= 0.3 is 18.2 Å². The van der Waals surface area contributed by atoms with E-state index in [0.29, 0.717) is 77.2 Å². The highest BCUT2D eigenvalue weighted by atomic mass is 16.6. The molecule has 0 radical (unpaired) electrons. The van der Waals surface area contributed by atoms with Crippen molar-refractivity contribution in [2.75, 3.05) is 19.7 Å². The number of rotatable bonds is 14. The number of carboxylic acid groups (broad SMARTS) is 1. The number of aliphatic hydroxyl groups is 1. The topological polar surface area (TPSA) is 222 Å². The zero-order chi connectivity index (χ0) is 54.4. The summed E-state index contributed by atoms with van der Waals surface area (Å²) in [6.45, 7) is 32.8. The number of ether oxygens (including phenoxy) is 4. The van der Waals surface area contributed by atoms with Gasteiger partial charge in [0, 0.05) is 28.8 Å². The average Bonchev–Trinajstić information content (AvgIpc) is 4.19. The fourth-order valence-electron chi connectivity index (χ4n) is 8.99. The molecule has 2 aromatic heterocycles. The number of carbonyl (C=O) groups excluding carboxylic acids is 2. The maximum absolute atomic E-state index is 12.9. The van der Waals surface area contributed by atoms with Crippen LogP contribution in [-0.2, 0) is 27.1 Å². The molecule has 0 fully saturated rings. The minimum absolute atomic E-state index is 0.0472. The highest BCUT2D eigenvalue weighted by molar-refractivity contribution is 5.78. The van der Waals surface area contributed by atoms with Crippen molar-refractivity contribution < 1.29 is 52.6 Å². The van der Waals surface area contributed by atoms with Crippen molar-refractivity contribution in [1.29, 1.82) is 0 Å². The zero-order valence-corrected chi connectivity index (χ0v) is 43.8. The third-order valence-electron chi connectivity index (χ3n) is 11.8. The summed E-state index contributed by atoms with van der Waals surface area (Å²) in [6.07, 6.45) is 1.31. The van der Waals surface area contributed by atoms with Crippen molar-refractivity contribution in [2.45, 2.75) is 130 Å². The second-order valence-electron chi connectivity index (χ2n) is 20.5. The Bertz CT molecular complexity index is 3130. The van der Waals surface area contributed by atoms with Crippen LogP contribution in [0.4, 0.5) is 21.0 Å². The number of hydrogen-bond donors (Lipinski definition) is 2. The molecule has 2 aliphatic rings. The number of carbonyl (C=O) groups is 3. The van der Waals surface area contributed by atoms with Crippen LogP contribution in [0.3, 0.4) is 0 Å². The minimum Gasteiger partial charge on any atom is -0.502 e. The van der Waals surface area contributed by atoms with Crippen molar-refractivity contribution in [2.24, 2.45) is 0 Å². The van der Waals surface area contributed by atoms with E-state index >= 15 is 0 Å². The van der Waals surface area contributed by atoms with E-state index in [4.69, 9.17) is 41.1 Å². The van der Waals surface area contributed by atoms with Crippen LogP contribution in [0, 0.1) is 13.1 Å². The van der Waals surface area contributed by atoms with Gasteiger partial charge in [0.15, 0.2) is 0 Å². The highest BCUT2D eigenvalue weighted by Crippen LogP contribution is 2.43. The van der Waals surface area contributed by atoms with Gasteiger partial charge in [0.05, 0.1) is 44.0 Å². The Labute approximate surface area is 436 Å². The SMILES string of the molecule is [C-]#[N+]c1cc(-c2nc(-c3cccc4c3CC[C@@H]4N(CC(=O)O)C(=O)OC(C)(C)C)no2)ccc1OC(C)C.[C-]#[N+]c1cc(-c2nc(-c3cccc4c3CC[C@@H]4N(CCO)C(=O)OC(C)(C)C)no2)ccc1OC(C)C. The minimum atomic E-state index is -1.12. The molecule has 19 heteroatoms. The summed E-state index contributed by atoms with van der Waals surface area (Å²) in [7, 11) is 0. The summed E-state index contributed by atoms with van der Waals surface area (Å²) in [5.41, 5.74) is 5.88. The van der Waals surface area contributed by atoms with Gasteiger partial charge in [0.1, 0.15) is 29.2 Å². The normalized spacial score (nSPS) is 14.7. The van der Waals surface area contributed by atoms with Gasteiger partial charge in [-0.15, -0.1) is 0 Å². The zero-order valence-electron chi connectivity index (χ0n) is 43.8. The van der Waals surface area contributed by atoms with Crippen LogP contribution in [0.1, 0.15) is 116 Å². The van der Waals surface area contributed by atoms with Crippen molar-refractivity contribution in [3.63, 3.8) is 0 Å². The first-order chi connectivity index (χ1) is 35.6. The van der Waals surface area contributed by atoms with E-state index in [1.165, 1.54) is 4.90 Å². The van der Waals surface area contributed by atoms with Crippen molar-refractivity contribution in [1.82, 2.24) is 30.1 Å². The molecule has 8 rings (SSSR count). The molecule has 19 nitrogen and oxygen atoms in total. The summed E-state index contributed by atoms with van der Waals surface area (Å²) in [4.78, 5) is 56.6. The number of benzene rings is 4. The molecule has 4 aromatic carbocycles. The van der Waals surface area contributed by atoms with E-state index in [2.05, 4.69) is 30.0 Å². The number of amides is 2. The summed E-state index contributed by atoms with van der Waals surface area (Å²) >= 11 is 0. The Kier molecular flexibility index (Phi) is 16.6. The van der Waals surface area contributed by atoms with E-state index in [0.717, 1.165) is 33.4 Å². The number of nitrogens with zero attached hydrogens (tertiary/aromatic N) is 8. The van der Waals surface area contributed by atoms with Crippen LogP contribution >= 0.6 is 0 Å². The van der Waals surface area contributed by atoms with Gasteiger partial charge in [-0.05, 0) is 154 Å². The number of aromatic nitrogens is 4. The van der Waals surface area contributed by atoms with Gasteiger partial charge in [-0.2, -0.15) is 9.97 Å². The first kappa shape index (κ1) is 54.5. The quantitative estimate of drug-likeness (QED) is 0.0969. The fourth-order valence-corrected chi connectivity index (χ4v) is 8.99. The molecule has 0 spiro atoms. The lowest BCUT2D eigenvalue weighted by atomic mass is 10.0. The molecular weight excluding hydrogens is 961 g/mol. The Morgan fingerprint density at radius 2 is 1.11 bits per heavy atom. The van der Waals surface area contributed by atoms with Crippen LogP contribution in [0.25, 0.3) is 55.4 Å². The molecule has 0 saturated heterocycles. The highest BCUT2D eigenvalue weighted by Gasteiger charge is 2.38. The van der Waals surface area contributed by atoms with Crippen LogP contribution < -0.4 is 9.47 Å². The second kappa shape index (κ2) is 22.9. The maximum Gasteiger partial charge on any atom is 0.411 e. The predicted molar refractivity (Wildman–Crippen MR) is 277 cm³/mol. The third kappa shape index (κ3) is 13.1. The van der Waals surface area contributed by atoms with Gasteiger partial charge in [-0.25, -0.2) is 19.3 Å². The number of aliphatic carboxylic acids is 1. The van der Waals surface area contributed by atoms with Crippen LogP contribution in [0.15, 0.2) is 81.8 Å². The van der Waals surface area contributed by atoms with Crippen LogP contribution in [-0.4, -0.2) is 102 Å². The lowest BCUT2D eigenvalue weighted by Gasteiger charge is -2.31. The molecule has 0 bridgehead atoms. The average molecular weight is 1020 g/mol. The second-order valence-corrected chi connectivity index (χ2v) is 20.5. The monoisotopic (exact) mass is 1020 g/mol. The summed E-state index contributed by atoms with van der Waals surface area (Å²) in [5.74, 6) is 1.25. The standard InChI is InChI=1S/C28H30N4O6.C28H32N4O5/c1-16(2)36-23-13-10-17(14-21(23)29-6)26-30-25(31-38-26)20-9-7-8-19-18(20)11-12-22(19)32(15-24(33)34)27(35)37-28(3,4)5;1-17(2)35-24-13-10-18(16-22(24)29-6)26-30-25(31-37-26)21-9-7-8-20-19(21)11-12-23(20)32(14-15-33)27(34)36-28(3,4)5/h7-10,13-14,16,22H,11-12,15H2,1-5H3,(H,33,34);7-10,13,16-17,23,33H,11-12,14-15H2,1-5H3/t22-;23-/m00/s1. The lowest BCUT2D eigenvalue weighted by molar-refractivity contribution is -0.138. The molecule has 2 amide bonds. The lowest BCUT2D eigenvalue weighted by Crippen LogP contribution is -2.41. The van der Waals surface area contributed by atoms with E-state index in [-0.39, 0.29) is 37.3 Å². The molecule has 2 atom stereocenters. The van der Waals surface area contributed by atoms with E-state index < -0.39 is 41.9 Å². The van der Waals surface area contributed by atoms with Gasteiger partial charge in [0.2, 0.25) is 23.0 Å². The van der Waals surface area contributed by atoms with Crippen molar-refractivity contribution in [3.8, 4) is 57.2 Å². The van der Waals surface area contributed by atoms with E-state index in [9.17, 15) is 24.6 Å². The largest absolute Gasteiger partial charge is 0.502 e. The van der Waals surface area contributed by atoms with Gasteiger partial charge in [0.25, 0.3) is 11.8 Å². The predicted octanol–water partition coefficient (Wildman–Crippen LogP) is 12.0. The Hall–Kier alpha value is -8.29. The first-order valence-corrected chi connectivity index (χ1v) is 24.7. The van der Waals surface area contributed by atoms with E-state index in [1.54, 1.807) is 62.1 Å². The Morgan fingerprint density at radius 3 is 1.49 bits per heavy atom. The van der Waals surface area contributed by atoms with E-state index in [1.807, 2.05) is 84.9 Å². The number of aliphatic hydroxyl groups excluding tert-OH is 1.